The molecule has 0 bridgehead atoms. The maximum absolute atomic E-state index is 5.76. The van der Waals surface area contributed by atoms with Gasteiger partial charge in [0.2, 0.25) is 5.95 Å². The molecular formula is C11H15N5O2. The predicted octanol–water partition coefficient (Wildman–Crippen LogP) is 0.560. The zero-order valence-corrected chi connectivity index (χ0v) is 10.3. The molecule has 2 aromatic heterocycles. The van der Waals surface area contributed by atoms with Crippen molar-refractivity contribution in [3.63, 3.8) is 0 Å². The average molecular weight is 249 g/mol. The minimum Gasteiger partial charge on any atom is -0.368 e. The number of nitrogens with two attached hydrogens (primary N) is 1. The van der Waals surface area contributed by atoms with E-state index in [1.54, 1.807) is 12.5 Å². The van der Waals surface area contributed by atoms with Crippen LogP contribution >= 0.6 is 0 Å². The summed E-state index contributed by atoms with van der Waals surface area (Å²) >= 11 is 0. The van der Waals surface area contributed by atoms with E-state index >= 15 is 0 Å². The first-order valence-corrected chi connectivity index (χ1v) is 5.79. The second-order valence-corrected chi connectivity index (χ2v) is 4.78. The molecule has 0 amide bonds. The third-order valence-corrected chi connectivity index (χ3v) is 2.84. The lowest BCUT2D eigenvalue weighted by atomic mass is 10.3. The fraction of sp³-hybridized carbons (Fsp3) is 0.545. The third kappa shape index (κ3) is 2.02. The highest BCUT2D eigenvalue weighted by Gasteiger charge is 2.32. The number of aromatic nitrogens is 4. The van der Waals surface area contributed by atoms with Crippen molar-refractivity contribution >= 4 is 17.1 Å². The summed E-state index contributed by atoms with van der Waals surface area (Å²) in [6.45, 7) is 5.00. The Hall–Kier alpha value is -1.73. The van der Waals surface area contributed by atoms with Gasteiger partial charge < -0.3 is 19.8 Å². The second-order valence-electron chi connectivity index (χ2n) is 4.78. The van der Waals surface area contributed by atoms with Gasteiger partial charge in [-0.25, -0.2) is 9.97 Å². The molecule has 0 aromatic carbocycles. The molecule has 1 atom stereocenters. The number of fused-ring (bicyclic) bond motifs is 1. The normalized spacial score (nSPS) is 22.7. The van der Waals surface area contributed by atoms with E-state index in [1.807, 2.05) is 18.4 Å². The number of rotatable bonds is 2. The third-order valence-electron chi connectivity index (χ3n) is 2.84. The number of nitrogens with zero attached hydrogens (tertiary/aromatic N) is 4. The lowest BCUT2D eigenvalue weighted by molar-refractivity contribution is -0.139. The minimum atomic E-state index is -0.519. The average Bonchev–Trinajstić information content (AvgIpc) is 2.84. The minimum absolute atomic E-state index is 0.00594. The molecule has 0 aliphatic carbocycles. The monoisotopic (exact) mass is 249 g/mol. The SMILES string of the molecule is CC1(C)OC[C@H](Cn2cnc3cnc(N)nc32)O1. The number of nitrogen functional groups attached to an aromatic ring is 1. The van der Waals surface area contributed by atoms with Crippen LogP contribution in [-0.2, 0) is 16.0 Å². The van der Waals surface area contributed by atoms with Gasteiger partial charge in [-0.1, -0.05) is 0 Å². The first-order chi connectivity index (χ1) is 8.53. The van der Waals surface area contributed by atoms with E-state index in [4.69, 9.17) is 15.2 Å². The van der Waals surface area contributed by atoms with Crippen LogP contribution in [0.3, 0.4) is 0 Å². The van der Waals surface area contributed by atoms with Crippen LogP contribution in [0.5, 0.6) is 0 Å². The van der Waals surface area contributed by atoms with Crippen molar-refractivity contribution in [3.8, 4) is 0 Å². The fourth-order valence-corrected chi connectivity index (χ4v) is 2.07. The smallest absolute Gasteiger partial charge is 0.222 e. The molecule has 18 heavy (non-hydrogen) atoms. The van der Waals surface area contributed by atoms with E-state index < -0.39 is 5.79 Å². The van der Waals surface area contributed by atoms with E-state index in [2.05, 4.69) is 15.0 Å². The van der Waals surface area contributed by atoms with Crippen LogP contribution in [-0.4, -0.2) is 38.0 Å². The van der Waals surface area contributed by atoms with Crippen LogP contribution in [0.1, 0.15) is 13.8 Å². The van der Waals surface area contributed by atoms with Gasteiger partial charge in [-0.2, -0.15) is 4.98 Å². The Morgan fingerprint density at radius 2 is 2.33 bits per heavy atom. The molecule has 2 N–H and O–H groups in total. The molecule has 96 valence electrons. The van der Waals surface area contributed by atoms with Gasteiger partial charge >= 0.3 is 0 Å². The predicted molar refractivity (Wildman–Crippen MR) is 64.6 cm³/mol. The summed E-state index contributed by atoms with van der Waals surface area (Å²) in [6.07, 6.45) is 3.32. The van der Waals surface area contributed by atoms with E-state index in [1.165, 1.54) is 0 Å². The van der Waals surface area contributed by atoms with Gasteiger partial charge in [0.1, 0.15) is 11.6 Å². The standard InChI is InChI=1S/C11H15N5O2/c1-11(2)17-5-7(18-11)4-16-6-14-8-3-13-10(12)15-9(8)16/h3,6-7H,4-5H2,1-2H3,(H2,12,13,15)/t7-/m0/s1. The Bertz CT molecular complexity index is 580. The highest BCUT2D eigenvalue weighted by Crippen LogP contribution is 2.24. The van der Waals surface area contributed by atoms with Gasteiger partial charge in [0.15, 0.2) is 11.4 Å². The van der Waals surface area contributed by atoms with E-state index in [0.29, 0.717) is 13.2 Å². The Balaban J connectivity index is 1.85. The summed E-state index contributed by atoms with van der Waals surface area (Å²) in [5.74, 6) is -0.275. The maximum atomic E-state index is 5.76. The quantitative estimate of drug-likeness (QED) is 0.836. The highest BCUT2D eigenvalue weighted by molar-refractivity contribution is 5.70. The summed E-state index contributed by atoms with van der Waals surface area (Å²) in [5.41, 5.74) is 7.03. The van der Waals surface area contributed by atoms with Crippen molar-refractivity contribution in [2.75, 3.05) is 12.3 Å². The lowest BCUT2D eigenvalue weighted by Gasteiger charge is -2.17. The van der Waals surface area contributed by atoms with Crippen LogP contribution in [0.15, 0.2) is 12.5 Å². The molecule has 1 saturated heterocycles. The topological polar surface area (TPSA) is 88.1 Å². The number of imidazole rings is 1. The number of ether oxygens (including phenoxy) is 2. The van der Waals surface area contributed by atoms with E-state index in [-0.39, 0.29) is 12.1 Å². The number of hydrogen-bond acceptors (Lipinski definition) is 6. The van der Waals surface area contributed by atoms with E-state index in [9.17, 15) is 0 Å². The fourth-order valence-electron chi connectivity index (χ4n) is 2.07. The second kappa shape index (κ2) is 3.89. The van der Waals surface area contributed by atoms with Crippen molar-refractivity contribution < 1.29 is 9.47 Å². The Morgan fingerprint density at radius 3 is 3.06 bits per heavy atom. The first kappa shape index (κ1) is 11.4. The zero-order valence-electron chi connectivity index (χ0n) is 10.3. The van der Waals surface area contributed by atoms with Crippen molar-refractivity contribution in [2.45, 2.75) is 32.3 Å². The molecule has 7 heteroatoms. The lowest BCUT2D eigenvalue weighted by Crippen LogP contribution is -2.24. The molecule has 0 spiro atoms. The molecule has 2 aromatic rings. The molecule has 1 aliphatic rings. The molecule has 3 rings (SSSR count). The summed E-state index contributed by atoms with van der Waals surface area (Å²) in [7, 11) is 0. The zero-order chi connectivity index (χ0) is 12.8. The van der Waals surface area contributed by atoms with Crippen molar-refractivity contribution in [2.24, 2.45) is 0 Å². The number of hydrogen-bond donors (Lipinski definition) is 1. The van der Waals surface area contributed by atoms with Gasteiger partial charge in [0, 0.05) is 0 Å². The Labute approximate surface area is 104 Å². The molecule has 1 aliphatic heterocycles. The maximum Gasteiger partial charge on any atom is 0.222 e. The van der Waals surface area contributed by atoms with Crippen molar-refractivity contribution in [1.82, 2.24) is 19.5 Å². The molecule has 7 nitrogen and oxygen atoms in total. The molecule has 0 unspecified atom stereocenters. The summed E-state index contributed by atoms with van der Waals surface area (Å²) in [6, 6.07) is 0. The Kier molecular flexibility index (Phi) is 2.46. The molecule has 0 saturated carbocycles. The van der Waals surface area contributed by atoms with Crippen molar-refractivity contribution in [3.05, 3.63) is 12.5 Å². The van der Waals surface area contributed by atoms with Gasteiger partial charge in [0.25, 0.3) is 0 Å². The number of anilines is 1. The van der Waals surface area contributed by atoms with Crippen LogP contribution in [0.4, 0.5) is 5.95 Å². The van der Waals surface area contributed by atoms with Gasteiger partial charge in [-0.15, -0.1) is 0 Å². The molecule has 1 fully saturated rings. The summed E-state index contributed by atoms with van der Waals surface area (Å²) in [5, 5.41) is 0. The molecule has 0 radical (unpaired) electrons. The van der Waals surface area contributed by atoms with Crippen LogP contribution in [0.25, 0.3) is 11.2 Å². The van der Waals surface area contributed by atoms with Gasteiger partial charge in [-0.05, 0) is 13.8 Å². The summed E-state index contributed by atoms with van der Waals surface area (Å²) < 4.78 is 13.2. The highest BCUT2D eigenvalue weighted by atomic mass is 16.7. The van der Waals surface area contributed by atoms with Crippen LogP contribution in [0, 0.1) is 0 Å². The van der Waals surface area contributed by atoms with E-state index in [0.717, 1.165) is 11.2 Å². The Morgan fingerprint density at radius 1 is 1.50 bits per heavy atom. The van der Waals surface area contributed by atoms with Crippen LogP contribution < -0.4 is 5.73 Å². The molecule has 3 heterocycles. The van der Waals surface area contributed by atoms with Crippen LogP contribution in [0.2, 0.25) is 0 Å². The molecular weight excluding hydrogens is 234 g/mol. The largest absolute Gasteiger partial charge is 0.368 e. The van der Waals surface area contributed by atoms with Gasteiger partial charge in [-0.3, -0.25) is 0 Å². The van der Waals surface area contributed by atoms with Crippen molar-refractivity contribution in [1.29, 1.82) is 0 Å². The van der Waals surface area contributed by atoms with Gasteiger partial charge in [0.05, 0.1) is 25.7 Å². The first-order valence-electron chi connectivity index (χ1n) is 5.79. The summed E-state index contributed by atoms with van der Waals surface area (Å²) in [4.78, 5) is 12.3.